The Morgan fingerprint density at radius 3 is 2.57 bits per heavy atom. The zero-order valence-electron chi connectivity index (χ0n) is 17.8. The van der Waals surface area contributed by atoms with Crippen molar-refractivity contribution in [1.82, 2.24) is 24.5 Å². The van der Waals surface area contributed by atoms with Crippen molar-refractivity contribution in [3.8, 4) is 5.75 Å². The van der Waals surface area contributed by atoms with E-state index in [1.54, 1.807) is 0 Å². The topological polar surface area (TPSA) is 75.9 Å². The Morgan fingerprint density at radius 2 is 1.87 bits per heavy atom. The highest BCUT2D eigenvalue weighted by atomic mass is 16.5. The number of aromatic nitrogens is 4. The normalized spacial score (nSPS) is 15.4. The summed E-state index contributed by atoms with van der Waals surface area (Å²) in [5, 5.41) is 8.40. The smallest absolute Gasteiger partial charge is 0.263 e. The van der Waals surface area contributed by atoms with Gasteiger partial charge in [0, 0.05) is 37.9 Å². The minimum Gasteiger partial charge on any atom is -0.481 e. The van der Waals surface area contributed by atoms with Crippen LogP contribution in [0.4, 0.5) is 5.82 Å². The largest absolute Gasteiger partial charge is 0.481 e. The number of rotatable bonds is 6. The summed E-state index contributed by atoms with van der Waals surface area (Å²) >= 11 is 0. The van der Waals surface area contributed by atoms with E-state index in [0.717, 1.165) is 37.6 Å². The quantitative estimate of drug-likeness (QED) is 0.624. The Kier molecular flexibility index (Phi) is 5.83. The van der Waals surface area contributed by atoms with Crippen molar-refractivity contribution in [3.63, 3.8) is 0 Å². The van der Waals surface area contributed by atoms with E-state index in [1.165, 1.54) is 5.69 Å². The first-order valence-electron chi connectivity index (χ1n) is 10.5. The number of carbonyl (C=O) groups excluding carboxylic acids is 1. The number of ether oxygens (including phenoxy) is 1. The van der Waals surface area contributed by atoms with Crippen LogP contribution in [0, 0.1) is 6.92 Å². The standard InChI is InChI=1S/C22H28N6O2/c1-4-8-18-15-20(23-22-25-24-17(3)28(18)22)26-11-13-27(14-12-26)21(29)16(2)30-19-9-6-5-7-10-19/h5-7,9-10,15-16H,4,8,11-14H2,1-3H3. The Balaban J connectivity index is 1.42. The molecule has 3 aromatic rings. The molecule has 2 aromatic heterocycles. The Bertz CT molecular complexity index is 1010. The highest BCUT2D eigenvalue weighted by Crippen LogP contribution is 2.20. The lowest BCUT2D eigenvalue weighted by Crippen LogP contribution is -2.52. The van der Waals surface area contributed by atoms with Gasteiger partial charge < -0.3 is 14.5 Å². The maximum Gasteiger partial charge on any atom is 0.263 e. The molecule has 4 rings (SSSR count). The van der Waals surface area contributed by atoms with Crippen molar-refractivity contribution in [2.75, 3.05) is 31.1 Å². The summed E-state index contributed by atoms with van der Waals surface area (Å²) < 4.78 is 7.82. The first-order valence-corrected chi connectivity index (χ1v) is 10.5. The summed E-state index contributed by atoms with van der Waals surface area (Å²) in [6.07, 6.45) is 1.47. The molecular weight excluding hydrogens is 380 g/mol. The molecule has 1 aliphatic rings. The van der Waals surface area contributed by atoms with Crippen LogP contribution in [0.15, 0.2) is 36.4 Å². The van der Waals surface area contributed by atoms with Gasteiger partial charge in [-0.3, -0.25) is 9.20 Å². The van der Waals surface area contributed by atoms with Crippen LogP contribution in [0.2, 0.25) is 0 Å². The van der Waals surface area contributed by atoms with Crippen LogP contribution in [-0.4, -0.2) is 62.7 Å². The van der Waals surface area contributed by atoms with Gasteiger partial charge in [0.2, 0.25) is 0 Å². The second-order valence-corrected chi connectivity index (χ2v) is 7.62. The molecule has 0 aliphatic carbocycles. The van der Waals surface area contributed by atoms with Crippen molar-refractivity contribution in [3.05, 3.63) is 47.9 Å². The monoisotopic (exact) mass is 408 g/mol. The molecule has 1 unspecified atom stereocenters. The van der Waals surface area contributed by atoms with Gasteiger partial charge in [-0.05, 0) is 32.4 Å². The number of amides is 1. The number of nitrogens with zero attached hydrogens (tertiary/aromatic N) is 6. The molecular formula is C22H28N6O2. The van der Waals surface area contributed by atoms with Crippen LogP contribution in [0.5, 0.6) is 5.75 Å². The fraction of sp³-hybridized carbons (Fsp3) is 0.455. The highest BCUT2D eigenvalue weighted by molar-refractivity contribution is 5.81. The molecule has 1 aromatic carbocycles. The van der Waals surface area contributed by atoms with Gasteiger partial charge in [-0.15, -0.1) is 10.2 Å². The molecule has 0 saturated carbocycles. The van der Waals surface area contributed by atoms with Crippen molar-refractivity contribution >= 4 is 17.5 Å². The van der Waals surface area contributed by atoms with Crippen molar-refractivity contribution in [2.45, 2.75) is 39.7 Å². The molecule has 30 heavy (non-hydrogen) atoms. The summed E-state index contributed by atoms with van der Waals surface area (Å²) in [4.78, 5) is 21.6. The molecule has 1 fully saturated rings. The van der Waals surface area contributed by atoms with Crippen LogP contribution in [0.25, 0.3) is 5.78 Å². The van der Waals surface area contributed by atoms with Gasteiger partial charge in [0.25, 0.3) is 11.7 Å². The minimum absolute atomic E-state index is 0.0154. The van der Waals surface area contributed by atoms with Gasteiger partial charge >= 0.3 is 0 Å². The average molecular weight is 409 g/mol. The van der Waals surface area contributed by atoms with E-state index in [4.69, 9.17) is 9.72 Å². The predicted octanol–water partition coefficient (Wildman–Crippen LogP) is 2.50. The number of fused-ring (bicyclic) bond motifs is 1. The summed E-state index contributed by atoms with van der Waals surface area (Å²) in [6.45, 7) is 8.66. The number of para-hydroxylation sites is 1. The van der Waals surface area contributed by atoms with E-state index in [0.29, 0.717) is 24.6 Å². The Labute approximate surface area is 176 Å². The number of hydrogen-bond acceptors (Lipinski definition) is 6. The second-order valence-electron chi connectivity index (χ2n) is 7.62. The van der Waals surface area contributed by atoms with Gasteiger partial charge in [0.1, 0.15) is 17.4 Å². The molecule has 0 spiro atoms. The van der Waals surface area contributed by atoms with Crippen molar-refractivity contribution in [1.29, 1.82) is 0 Å². The van der Waals surface area contributed by atoms with Gasteiger partial charge in [-0.1, -0.05) is 31.5 Å². The lowest BCUT2D eigenvalue weighted by atomic mass is 10.2. The minimum atomic E-state index is -0.511. The van der Waals surface area contributed by atoms with Gasteiger partial charge in [-0.2, -0.15) is 4.98 Å². The van der Waals surface area contributed by atoms with Crippen molar-refractivity contribution in [2.24, 2.45) is 0 Å². The molecule has 0 radical (unpaired) electrons. The van der Waals surface area contributed by atoms with E-state index in [-0.39, 0.29) is 5.91 Å². The maximum atomic E-state index is 12.8. The lowest BCUT2D eigenvalue weighted by Gasteiger charge is -2.36. The number of carbonyl (C=O) groups is 1. The fourth-order valence-electron chi connectivity index (χ4n) is 3.88. The third-order valence-electron chi connectivity index (χ3n) is 5.43. The summed E-state index contributed by atoms with van der Waals surface area (Å²) in [6, 6.07) is 11.6. The molecule has 1 atom stereocenters. The highest BCUT2D eigenvalue weighted by Gasteiger charge is 2.27. The molecule has 8 heteroatoms. The second kappa shape index (κ2) is 8.69. The fourth-order valence-corrected chi connectivity index (χ4v) is 3.88. The molecule has 0 bridgehead atoms. The van der Waals surface area contributed by atoms with Crippen LogP contribution in [0.1, 0.15) is 31.8 Å². The van der Waals surface area contributed by atoms with E-state index in [9.17, 15) is 4.79 Å². The number of aryl methyl sites for hydroxylation is 2. The number of piperazine rings is 1. The van der Waals surface area contributed by atoms with E-state index in [1.807, 2.05) is 53.5 Å². The summed E-state index contributed by atoms with van der Waals surface area (Å²) in [7, 11) is 0. The SMILES string of the molecule is CCCc1cc(N2CCN(C(=O)C(C)Oc3ccccc3)CC2)nc2nnc(C)n12. The Morgan fingerprint density at radius 1 is 1.13 bits per heavy atom. The molecule has 3 heterocycles. The Hall–Kier alpha value is -3.16. The zero-order chi connectivity index (χ0) is 21.1. The molecule has 158 valence electrons. The average Bonchev–Trinajstić information content (AvgIpc) is 3.15. The predicted molar refractivity (Wildman–Crippen MR) is 115 cm³/mol. The van der Waals surface area contributed by atoms with E-state index < -0.39 is 6.10 Å². The summed E-state index contributed by atoms with van der Waals surface area (Å²) in [5.41, 5.74) is 1.17. The van der Waals surface area contributed by atoms with E-state index in [2.05, 4.69) is 28.1 Å². The molecule has 1 amide bonds. The molecule has 1 aliphatic heterocycles. The number of hydrogen-bond donors (Lipinski definition) is 0. The van der Waals surface area contributed by atoms with Crippen LogP contribution >= 0.6 is 0 Å². The van der Waals surface area contributed by atoms with Crippen LogP contribution in [-0.2, 0) is 11.2 Å². The van der Waals surface area contributed by atoms with Crippen molar-refractivity contribution < 1.29 is 9.53 Å². The molecule has 0 N–H and O–H groups in total. The maximum absolute atomic E-state index is 12.8. The third-order valence-corrected chi connectivity index (χ3v) is 5.43. The first-order chi connectivity index (χ1) is 14.6. The number of anilines is 1. The van der Waals surface area contributed by atoms with E-state index >= 15 is 0 Å². The third kappa shape index (κ3) is 4.08. The van der Waals surface area contributed by atoms with Gasteiger partial charge in [-0.25, -0.2) is 0 Å². The molecule has 1 saturated heterocycles. The van der Waals surface area contributed by atoms with Crippen LogP contribution in [0.3, 0.4) is 0 Å². The summed E-state index contributed by atoms with van der Waals surface area (Å²) in [5.74, 6) is 3.12. The zero-order valence-corrected chi connectivity index (χ0v) is 17.8. The van der Waals surface area contributed by atoms with Gasteiger partial charge in [0.15, 0.2) is 6.10 Å². The first kappa shape index (κ1) is 20.1. The number of benzene rings is 1. The molecule has 8 nitrogen and oxygen atoms in total. The van der Waals surface area contributed by atoms with Crippen LogP contribution < -0.4 is 9.64 Å². The lowest BCUT2D eigenvalue weighted by molar-refractivity contribution is -0.138. The van der Waals surface area contributed by atoms with Gasteiger partial charge in [0.05, 0.1) is 0 Å².